The van der Waals surface area contributed by atoms with Crippen LogP contribution in [-0.2, 0) is 0 Å². The maximum Gasteiger partial charge on any atom is 0.164 e. The molecule has 0 aliphatic carbocycles. The second-order valence-electron chi connectivity index (χ2n) is 9.63. The predicted octanol–water partition coefficient (Wildman–Crippen LogP) is 8.56. The largest absolute Gasteiger partial charge is 0.291 e. The highest BCUT2D eigenvalue weighted by molar-refractivity contribution is 7.25. The number of benzene rings is 4. The lowest BCUT2D eigenvalue weighted by Crippen LogP contribution is -2.00. The number of nitrogens with zero attached hydrogens (tertiary/aromatic N) is 5. The predicted molar refractivity (Wildman–Crippen MR) is 163 cm³/mol. The van der Waals surface area contributed by atoms with E-state index in [2.05, 4.69) is 71.3 Å². The third-order valence-electron chi connectivity index (χ3n) is 7.08. The molecule has 0 aliphatic heterocycles. The molecule has 0 fully saturated rings. The summed E-state index contributed by atoms with van der Waals surface area (Å²) in [5.74, 6) is 1.95. The highest BCUT2D eigenvalue weighted by atomic mass is 32.1. The Balaban J connectivity index is 1.24. The van der Waals surface area contributed by atoms with Gasteiger partial charge in [0.15, 0.2) is 17.5 Å². The van der Waals surface area contributed by atoms with E-state index >= 15 is 0 Å². The van der Waals surface area contributed by atoms with Gasteiger partial charge in [-0.2, -0.15) is 0 Å². The number of rotatable bonds is 4. The fourth-order valence-corrected chi connectivity index (χ4v) is 6.24. The van der Waals surface area contributed by atoms with E-state index < -0.39 is 0 Å². The van der Waals surface area contributed by atoms with E-state index in [9.17, 15) is 0 Å². The van der Waals surface area contributed by atoms with Gasteiger partial charge < -0.3 is 0 Å². The molecule has 0 saturated heterocycles. The summed E-state index contributed by atoms with van der Waals surface area (Å²) in [6.07, 6.45) is 2.12. The summed E-state index contributed by atoms with van der Waals surface area (Å²) >= 11 is 1.78. The van der Waals surface area contributed by atoms with E-state index in [1.54, 1.807) is 11.3 Å². The maximum atomic E-state index is 5.00. The van der Waals surface area contributed by atoms with Gasteiger partial charge in [-0.25, -0.2) is 19.9 Å². The van der Waals surface area contributed by atoms with Crippen LogP contribution < -0.4 is 0 Å². The monoisotopic (exact) mass is 531 g/mol. The van der Waals surface area contributed by atoms with Gasteiger partial charge in [0.05, 0.1) is 0 Å². The van der Waals surface area contributed by atoms with Crippen molar-refractivity contribution in [3.05, 3.63) is 128 Å². The second-order valence-corrected chi connectivity index (χ2v) is 10.7. The number of thiophene rings is 1. The van der Waals surface area contributed by atoms with Crippen molar-refractivity contribution in [3.8, 4) is 45.3 Å². The molecule has 0 N–H and O–H groups in total. The topological polar surface area (TPSA) is 56.0 Å². The number of aromatic nitrogens is 5. The van der Waals surface area contributed by atoms with Crippen molar-refractivity contribution in [2.24, 2.45) is 0 Å². The van der Waals surface area contributed by atoms with Gasteiger partial charge in [0, 0.05) is 33.0 Å². The lowest BCUT2D eigenvalue weighted by atomic mass is 10.0. The zero-order valence-electron chi connectivity index (χ0n) is 21.3. The Kier molecular flexibility index (Phi) is 5.24. The molecule has 40 heavy (non-hydrogen) atoms. The summed E-state index contributed by atoms with van der Waals surface area (Å²) < 4.78 is 3.44. The van der Waals surface area contributed by atoms with Crippen LogP contribution in [0.5, 0.6) is 0 Å². The molecule has 0 bridgehead atoms. The molecular formula is C34H21N5S. The summed E-state index contributed by atoms with van der Waals surface area (Å²) in [5.41, 5.74) is 7.01. The molecule has 0 aliphatic rings. The Morgan fingerprint density at radius 2 is 1.05 bits per heavy atom. The Morgan fingerprint density at radius 1 is 0.475 bits per heavy atom. The quantitative estimate of drug-likeness (QED) is 0.228. The number of imidazole rings is 1. The van der Waals surface area contributed by atoms with Gasteiger partial charge in [0.1, 0.15) is 16.0 Å². The van der Waals surface area contributed by atoms with Crippen LogP contribution in [0.25, 0.3) is 71.4 Å². The van der Waals surface area contributed by atoms with Crippen LogP contribution in [0.3, 0.4) is 0 Å². The van der Waals surface area contributed by atoms with Crippen LogP contribution in [-0.4, -0.2) is 24.3 Å². The first kappa shape index (κ1) is 22.8. The molecule has 188 valence electrons. The first-order valence-electron chi connectivity index (χ1n) is 13.1. The van der Waals surface area contributed by atoms with Crippen molar-refractivity contribution in [1.29, 1.82) is 0 Å². The molecule has 0 amide bonds. The second kappa shape index (κ2) is 9.22. The minimum atomic E-state index is 0.642. The van der Waals surface area contributed by atoms with Crippen molar-refractivity contribution < 1.29 is 0 Å². The van der Waals surface area contributed by atoms with E-state index in [1.807, 2.05) is 60.7 Å². The third-order valence-corrected chi connectivity index (χ3v) is 8.24. The molecule has 4 heterocycles. The zero-order chi connectivity index (χ0) is 26.5. The average Bonchev–Trinajstić information content (AvgIpc) is 3.57. The van der Waals surface area contributed by atoms with E-state index in [0.717, 1.165) is 39.0 Å². The molecule has 0 atom stereocenters. The summed E-state index contributed by atoms with van der Waals surface area (Å²) in [7, 11) is 0. The number of fused-ring (bicyclic) bond motifs is 5. The number of hydrogen-bond acceptors (Lipinski definition) is 5. The fraction of sp³-hybridized carbons (Fsp3) is 0. The molecule has 4 aromatic heterocycles. The van der Waals surface area contributed by atoms with E-state index in [-0.39, 0.29) is 0 Å². The highest BCUT2D eigenvalue weighted by Gasteiger charge is 2.15. The van der Waals surface area contributed by atoms with Crippen LogP contribution in [0, 0.1) is 0 Å². The van der Waals surface area contributed by atoms with Gasteiger partial charge >= 0.3 is 0 Å². The fourth-order valence-electron chi connectivity index (χ4n) is 5.11. The summed E-state index contributed by atoms with van der Waals surface area (Å²) in [5, 5.41) is 1.20. The SMILES string of the molecule is c1ccc(-c2nc(-c3ccccc3)nc(-c3cccc(-c4ccn5c(c4)nc4c6ccccc6sc45)c3)n2)cc1. The van der Waals surface area contributed by atoms with Crippen LogP contribution >= 0.6 is 11.3 Å². The van der Waals surface area contributed by atoms with Crippen LogP contribution in [0.4, 0.5) is 0 Å². The van der Waals surface area contributed by atoms with Crippen molar-refractivity contribution in [3.63, 3.8) is 0 Å². The molecule has 5 nitrogen and oxygen atoms in total. The zero-order valence-corrected chi connectivity index (χ0v) is 22.1. The van der Waals surface area contributed by atoms with Gasteiger partial charge in [0.25, 0.3) is 0 Å². The maximum absolute atomic E-state index is 5.00. The highest BCUT2D eigenvalue weighted by Crippen LogP contribution is 2.35. The summed E-state index contributed by atoms with van der Waals surface area (Å²) in [6, 6.07) is 41.2. The van der Waals surface area contributed by atoms with Crippen LogP contribution in [0.15, 0.2) is 128 Å². The van der Waals surface area contributed by atoms with Crippen LogP contribution in [0.2, 0.25) is 0 Å². The molecule has 0 saturated carbocycles. The molecule has 0 unspecified atom stereocenters. The van der Waals surface area contributed by atoms with Gasteiger partial charge in [-0.1, -0.05) is 97.1 Å². The first-order chi connectivity index (χ1) is 19.8. The normalized spacial score (nSPS) is 11.5. The van der Waals surface area contributed by atoms with Crippen molar-refractivity contribution in [1.82, 2.24) is 24.3 Å². The molecule has 8 rings (SSSR count). The molecule has 8 aromatic rings. The summed E-state index contributed by atoms with van der Waals surface area (Å²) in [6.45, 7) is 0. The van der Waals surface area contributed by atoms with E-state index in [1.165, 1.54) is 14.9 Å². The summed E-state index contributed by atoms with van der Waals surface area (Å²) in [4.78, 5) is 20.8. The first-order valence-corrected chi connectivity index (χ1v) is 13.9. The minimum absolute atomic E-state index is 0.642. The van der Waals surface area contributed by atoms with Gasteiger partial charge in [-0.15, -0.1) is 11.3 Å². The average molecular weight is 532 g/mol. The van der Waals surface area contributed by atoms with Crippen molar-refractivity contribution in [2.75, 3.05) is 0 Å². The van der Waals surface area contributed by atoms with E-state index in [4.69, 9.17) is 19.9 Å². The Labute approximate surface area is 234 Å². The molecule has 0 radical (unpaired) electrons. The van der Waals surface area contributed by atoms with Gasteiger partial charge in [0.2, 0.25) is 0 Å². The lowest BCUT2D eigenvalue weighted by molar-refractivity contribution is 1.07. The molecule has 4 aromatic carbocycles. The number of pyridine rings is 1. The molecular weight excluding hydrogens is 510 g/mol. The smallest absolute Gasteiger partial charge is 0.164 e. The van der Waals surface area contributed by atoms with Gasteiger partial charge in [-0.3, -0.25) is 4.40 Å². The van der Waals surface area contributed by atoms with Crippen molar-refractivity contribution >= 4 is 37.4 Å². The Morgan fingerprint density at radius 3 is 1.77 bits per heavy atom. The van der Waals surface area contributed by atoms with Gasteiger partial charge in [-0.05, 0) is 35.4 Å². The Hall–Kier alpha value is -5.20. The molecule has 0 spiro atoms. The van der Waals surface area contributed by atoms with Crippen LogP contribution in [0.1, 0.15) is 0 Å². The van der Waals surface area contributed by atoms with Crippen molar-refractivity contribution in [2.45, 2.75) is 0 Å². The molecule has 6 heteroatoms. The lowest BCUT2D eigenvalue weighted by Gasteiger charge is -2.10. The number of hydrogen-bond donors (Lipinski definition) is 0. The minimum Gasteiger partial charge on any atom is -0.291 e. The van der Waals surface area contributed by atoms with E-state index in [0.29, 0.717) is 17.5 Å². The third kappa shape index (κ3) is 3.85. The Bertz CT molecular complexity index is 2110. The standard InChI is InChI=1S/C34H21N5S/c1-3-10-22(11-4-1)31-36-32(23-12-5-2-6-13-23)38-33(37-31)26-15-9-14-24(20-26)25-18-19-39-29(21-25)35-30-27-16-7-8-17-28(27)40-34(30)39/h1-21H.